The molecular weight excluding hydrogens is 270 g/mol. The lowest BCUT2D eigenvalue weighted by atomic mass is 9.98. The monoisotopic (exact) mass is 293 g/mol. The van der Waals surface area contributed by atoms with Crippen LogP contribution < -0.4 is 9.64 Å². The van der Waals surface area contributed by atoms with E-state index in [1.54, 1.807) is 0 Å². The summed E-state index contributed by atoms with van der Waals surface area (Å²) in [7, 11) is 0. The first kappa shape index (κ1) is 14.7. The van der Waals surface area contributed by atoms with Crippen LogP contribution in [0, 0.1) is 0 Å². The van der Waals surface area contributed by atoms with Crippen LogP contribution in [0.25, 0.3) is 5.57 Å². The Kier molecular flexibility index (Phi) is 4.19. The van der Waals surface area contributed by atoms with Crippen LogP contribution in [0.1, 0.15) is 38.0 Å². The molecule has 0 saturated carbocycles. The smallest absolute Gasteiger partial charge is 0.143 e. The third kappa shape index (κ3) is 2.74. The molecule has 0 aliphatic carbocycles. The molecule has 1 unspecified atom stereocenters. The molecule has 114 valence electrons. The molecule has 0 N–H and O–H groups in total. The zero-order valence-corrected chi connectivity index (χ0v) is 13.5. The van der Waals surface area contributed by atoms with E-state index in [0.29, 0.717) is 0 Å². The predicted molar refractivity (Wildman–Crippen MR) is 93.5 cm³/mol. The second kappa shape index (κ2) is 6.27. The van der Waals surface area contributed by atoms with Crippen molar-refractivity contribution < 1.29 is 4.74 Å². The van der Waals surface area contributed by atoms with E-state index in [2.05, 4.69) is 74.2 Å². The molecule has 3 rings (SSSR count). The third-order valence-corrected chi connectivity index (χ3v) is 4.30. The van der Waals surface area contributed by atoms with E-state index in [1.807, 2.05) is 6.07 Å². The predicted octanol–water partition coefficient (Wildman–Crippen LogP) is 5.07. The number of hydrogen-bond acceptors (Lipinski definition) is 2. The minimum absolute atomic E-state index is 0.000605. The van der Waals surface area contributed by atoms with E-state index in [9.17, 15) is 0 Å². The Morgan fingerprint density at radius 1 is 1.00 bits per heavy atom. The van der Waals surface area contributed by atoms with Crippen molar-refractivity contribution in [1.29, 1.82) is 0 Å². The first-order valence-corrected chi connectivity index (χ1v) is 8.02. The van der Waals surface area contributed by atoms with Crippen LogP contribution >= 0.6 is 0 Å². The fourth-order valence-corrected chi connectivity index (χ4v) is 3.01. The molecule has 1 heterocycles. The zero-order valence-electron chi connectivity index (χ0n) is 13.5. The van der Waals surface area contributed by atoms with Gasteiger partial charge in [-0.15, -0.1) is 0 Å². The van der Waals surface area contributed by atoms with E-state index >= 15 is 0 Å². The Morgan fingerprint density at radius 3 is 2.41 bits per heavy atom. The zero-order chi connectivity index (χ0) is 15.5. The summed E-state index contributed by atoms with van der Waals surface area (Å²) >= 11 is 0. The number of benzene rings is 2. The van der Waals surface area contributed by atoms with Crippen molar-refractivity contribution >= 4 is 11.3 Å². The van der Waals surface area contributed by atoms with Crippen molar-refractivity contribution in [2.75, 3.05) is 18.0 Å². The lowest BCUT2D eigenvalue weighted by Gasteiger charge is -2.27. The van der Waals surface area contributed by atoms with Gasteiger partial charge in [0.15, 0.2) is 0 Å². The largest absolute Gasteiger partial charge is 0.481 e. The molecule has 0 fully saturated rings. The molecule has 0 radical (unpaired) electrons. The van der Waals surface area contributed by atoms with Gasteiger partial charge in [0, 0.05) is 30.4 Å². The number of anilines is 1. The van der Waals surface area contributed by atoms with E-state index in [4.69, 9.17) is 4.74 Å². The molecule has 1 aliphatic heterocycles. The Balaban J connectivity index is 1.96. The average Bonchev–Trinajstić information content (AvgIpc) is 2.56. The molecule has 2 nitrogen and oxygen atoms in total. The minimum atomic E-state index is 0.000605. The van der Waals surface area contributed by atoms with Crippen molar-refractivity contribution in [2.45, 2.75) is 26.9 Å². The Labute approximate surface area is 133 Å². The highest BCUT2D eigenvalue weighted by Crippen LogP contribution is 2.39. The fraction of sp³-hybridized carbons (Fsp3) is 0.300. The van der Waals surface area contributed by atoms with Crippen molar-refractivity contribution in [2.24, 2.45) is 0 Å². The van der Waals surface area contributed by atoms with Crippen molar-refractivity contribution in [1.82, 2.24) is 0 Å². The van der Waals surface area contributed by atoms with Crippen LogP contribution in [0.4, 0.5) is 5.69 Å². The van der Waals surface area contributed by atoms with Crippen LogP contribution in [-0.2, 0) is 0 Å². The molecule has 1 atom stereocenters. The summed E-state index contributed by atoms with van der Waals surface area (Å²) in [6.07, 6.45) is 2.20. The Hall–Kier alpha value is -2.22. The highest BCUT2D eigenvalue weighted by molar-refractivity contribution is 5.74. The van der Waals surface area contributed by atoms with Crippen LogP contribution in [0.2, 0.25) is 0 Å². The Morgan fingerprint density at radius 2 is 1.73 bits per heavy atom. The number of nitrogens with zero attached hydrogens (tertiary/aromatic N) is 1. The summed E-state index contributed by atoms with van der Waals surface area (Å²) in [6.45, 7) is 8.54. The molecular formula is C20H23NO. The lowest BCUT2D eigenvalue weighted by molar-refractivity contribution is 0.250. The van der Waals surface area contributed by atoms with Gasteiger partial charge in [-0.1, -0.05) is 30.3 Å². The van der Waals surface area contributed by atoms with Crippen molar-refractivity contribution in [3.05, 3.63) is 65.7 Å². The summed E-state index contributed by atoms with van der Waals surface area (Å²) in [5.74, 6) is 0.984. The van der Waals surface area contributed by atoms with Gasteiger partial charge in [0.05, 0.1) is 0 Å². The second-order valence-electron chi connectivity index (χ2n) is 5.65. The molecule has 22 heavy (non-hydrogen) atoms. The van der Waals surface area contributed by atoms with Gasteiger partial charge in [0.2, 0.25) is 0 Å². The van der Waals surface area contributed by atoms with Crippen molar-refractivity contribution in [3.8, 4) is 5.75 Å². The first-order chi connectivity index (χ1) is 10.7. The summed E-state index contributed by atoms with van der Waals surface area (Å²) < 4.78 is 6.27. The van der Waals surface area contributed by atoms with Gasteiger partial charge in [-0.2, -0.15) is 0 Å². The molecule has 0 spiro atoms. The van der Waals surface area contributed by atoms with Gasteiger partial charge in [0.25, 0.3) is 0 Å². The molecule has 0 aromatic heterocycles. The maximum Gasteiger partial charge on any atom is 0.143 e. The molecule has 0 amide bonds. The number of hydrogen-bond donors (Lipinski definition) is 0. The van der Waals surface area contributed by atoms with E-state index in [-0.39, 0.29) is 6.10 Å². The van der Waals surface area contributed by atoms with Crippen LogP contribution in [-0.4, -0.2) is 13.1 Å². The normalized spacial score (nSPS) is 16.5. The third-order valence-electron chi connectivity index (χ3n) is 4.30. The first-order valence-electron chi connectivity index (χ1n) is 8.02. The summed E-state index contributed by atoms with van der Waals surface area (Å²) in [4.78, 5) is 2.34. The molecule has 0 bridgehead atoms. The highest BCUT2D eigenvalue weighted by Gasteiger charge is 2.20. The van der Waals surface area contributed by atoms with Gasteiger partial charge < -0.3 is 9.64 Å². The van der Waals surface area contributed by atoms with Gasteiger partial charge in [-0.3, -0.25) is 0 Å². The summed E-state index contributed by atoms with van der Waals surface area (Å²) in [6, 6.07) is 16.9. The molecule has 0 saturated heterocycles. The maximum absolute atomic E-state index is 6.27. The number of allylic oxidation sites excluding steroid dienone is 1. The minimum Gasteiger partial charge on any atom is -0.481 e. The maximum atomic E-state index is 6.27. The second-order valence-corrected chi connectivity index (χ2v) is 5.65. The molecule has 2 aromatic rings. The SMILES string of the molecule is CCN(CC)c1ccc2c(c1)OC(c1ccccc1)C=C2C. The molecule has 2 heteroatoms. The van der Waals surface area contributed by atoms with Gasteiger partial charge in [-0.05, 0) is 50.1 Å². The number of rotatable bonds is 4. The highest BCUT2D eigenvalue weighted by atomic mass is 16.5. The average molecular weight is 293 g/mol. The summed E-state index contributed by atoms with van der Waals surface area (Å²) in [5, 5.41) is 0. The lowest BCUT2D eigenvalue weighted by Crippen LogP contribution is -2.22. The van der Waals surface area contributed by atoms with E-state index in [1.165, 1.54) is 22.4 Å². The van der Waals surface area contributed by atoms with E-state index in [0.717, 1.165) is 18.8 Å². The Bertz CT molecular complexity index is 671. The van der Waals surface area contributed by atoms with Crippen LogP contribution in [0.3, 0.4) is 0 Å². The topological polar surface area (TPSA) is 12.5 Å². The summed E-state index contributed by atoms with van der Waals surface area (Å²) in [5.41, 5.74) is 4.90. The molecule has 2 aromatic carbocycles. The van der Waals surface area contributed by atoms with Crippen LogP contribution in [0.15, 0.2) is 54.6 Å². The fourth-order valence-electron chi connectivity index (χ4n) is 3.01. The molecule has 1 aliphatic rings. The van der Waals surface area contributed by atoms with E-state index < -0.39 is 0 Å². The number of ether oxygens (including phenoxy) is 1. The van der Waals surface area contributed by atoms with Gasteiger partial charge in [0.1, 0.15) is 11.9 Å². The standard InChI is InChI=1S/C20H23NO/c1-4-21(5-2)17-11-12-18-15(3)13-19(22-20(18)14-17)16-9-7-6-8-10-16/h6-14,19H,4-5H2,1-3H3. The number of fused-ring (bicyclic) bond motifs is 1. The quantitative estimate of drug-likeness (QED) is 0.780. The van der Waals surface area contributed by atoms with Gasteiger partial charge in [-0.25, -0.2) is 0 Å². The van der Waals surface area contributed by atoms with Gasteiger partial charge >= 0.3 is 0 Å². The van der Waals surface area contributed by atoms with Crippen LogP contribution in [0.5, 0.6) is 5.75 Å². The van der Waals surface area contributed by atoms with Crippen molar-refractivity contribution in [3.63, 3.8) is 0 Å².